The van der Waals surface area contributed by atoms with Crippen molar-refractivity contribution < 1.29 is 14.5 Å². The van der Waals surface area contributed by atoms with E-state index < -0.39 is 0 Å². The van der Waals surface area contributed by atoms with Gasteiger partial charge in [0, 0.05) is 17.7 Å². The quantitative estimate of drug-likeness (QED) is 0.342. The number of carbonyl (C=O) groups is 1. The fourth-order valence-corrected chi connectivity index (χ4v) is 1.69. The SMILES string of the molecule is CCOC(=O)/C=C(\C)CCc1ccccc1[N+](=O)[O-]. The van der Waals surface area contributed by atoms with Crippen LogP contribution in [0, 0.1) is 10.1 Å². The number of rotatable bonds is 6. The first kappa shape index (κ1) is 14.9. The first-order valence-corrected chi connectivity index (χ1v) is 6.10. The summed E-state index contributed by atoms with van der Waals surface area (Å²) in [5, 5.41) is 10.8. The smallest absolute Gasteiger partial charge is 0.330 e. The Labute approximate surface area is 112 Å². The van der Waals surface area contributed by atoms with E-state index in [1.165, 1.54) is 12.1 Å². The number of nitro benzene ring substituents is 1. The summed E-state index contributed by atoms with van der Waals surface area (Å²) < 4.78 is 4.80. The van der Waals surface area contributed by atoms with Gasteiger partial charge in [-0.1, -0.05) is 23.8 Å². The van der Waals surface area contributed by atoms with Gasteiger partial charge in [0.1, 0.15) is 0 Å². The topological polar surface area (TPSA) is 69.4 Å². The summed E-state index contributed by atoms with van der Waals surface area (Å²) in [6.07, 6.45) is 2.54. The van der Waals surface area contributed by atoms with Crippen molar-refractivity contribution in [1.29, 1.82) is 0 Å². The molecule has 5 heteroatoms. The lowest BCUT2D eigenvalue weighted by molar-refractivity contribution is -0.385. The zero-order valence-corrected chi connectivity index (χ0v) is 11.1. The molecule has 1 rings (SSSR count). The highest BCUT2D eigenvalue weighted by atomic mass is 16.6. The molecule has 0 spiro atoms. The van der Waals surface area contributed by atoms with Gasteiger partial charge in [-0.2, -0.15) is 0 Å². The molecule has 5 nitrogen and oxygen atoms in total. The van der Waals surface area contributed by atoms with Gasteiger partial charge in [0.2, 0.25) is 0 Å². The summed E-state index contributed by atoms with van der Waals surface area (Å²) in [5.74, 6) is -0.373. The number of esters is 1. The van der Waals surface area contributed by atoms with E-state index in [0.717, 1.165) is 5.57 Å². The first-order valence-electron chi connectivity index (χ1n) is 6.10. The fourth-order valence-electron chi connectivity index (χ4n) is 1.69. The Bertz CT molecular complexity index is 494. The molecule has 0 aliphatic heterocycles. The summed E-state index contributed by atoms with van der Waals surface area (Å²) in [4.78, 5) is 21.7. The molecule has 19 heavy (non-hydrogen) atoms. The Morgan fingerprint density at radius 3 is 2.74 bits per heavy atom. The summed E-state index contributed by atoms with van der Waals surface area (Å²) in [6.45, 7) is 3.90. The molecule has 0 saturated heterocycles. The number of allylic oxidation sites excluding steroid dienone is 1. The van der Waals surface area contributed by atoms with Crippen LogP contribution in [0.2, 0.25) is 0 Å². The number of nitrogens with zero attached hydrogens (tertiary/aromatic N) is 1. The highest BCUT2D eigenvalue weighted by Gasteiger charge is 2.11. The van der Waals surface area contributed by atoms with Crippen LogP contribution in [0.1, 0.15) is 25.8 Å². The molecule has 0 aliphatic carbocycles. The van der Waals surface area contributed by atoms with Crippen LogP contribution >= 0.6 is 0 Å². The van der Waals surface area contributed by atoms with Crippen molar-refractivity contribution in [2.45, 2.75) is 26.7 Å². The monoisotopic (exact) mass is 263 g/mol. The van der Waals surface area contributed by atoms with Gasteiger partial charge in [0.05, 0.1) is 11.5 Å². The molecule has 1 aromatic rings. The Hall–Kier alpha value is -2.17. The molecule has 0 heterocycles. The van der Waals surface area contributed by atoms with Gasteiger partial charge in [-0.15, -0.1) is 0 Å². The molecule has 102 valence electrons. The largest absolute Gasteiger partial charge is 0.463 e. The van der Waals surface area contributed by atoms with Crippen LogP contribution in [0.15, 0.2) is 35.9 Å². The van der Waals surface area contributed by atoms with E-state index in [1.54, 1.807) is 25.1 Å². The van der Waals surface area contributed by atoms with Gasteiger partial charge >= 0.3 is 5.97 Å². The molecule has 1 aromatic carbocycles. The third-order valence-electron chi connectivity index (χ3n) is 2.63. The normalized spacial score (nSPS) is 11.2. The van der Waals surface area contributed by atoms with E-state index in [1.807, 2.05) is 6.92 Å². The predicted octanol–water partition coefficient (Wildman–Crippen LogP) is 3.04. The Morgan fingerprint density at radius 2 is 2.11 bits per heavy atom. The lowest BCUT2D eigenvalue weighted by Crippen LogP contribution is -2.01. The van der Waals surface area contributed by atoms with E-state index in [0.29, 0.717) is 25.0 Å². The molecule has 0 saturated carbocycles. The number of hydrogen-bond donors (Lipinski definition) is 0. The number of para-hydroxylation sites is 1. The standard InChI is InChI=1S/C14H17NO4/c1-3-19-14(16)10-11(2)8-9-12-6-4-5-7-13(12)15(17)18/h4-7,10H,3,8-9H2,1-2H3/b11-10+. The molecule has 0 bridgehead atoms. The lowest BCUT2D eigenvalue weighted by atomic mass is 10.0. The van der Waals surface area contributed by atoms with Gasteiger partial charge in [-0.25, -0.2) is 4.79 Å². The second kappa shape index (κ2) is 7.31. The van der Waals surface area contributed by atoms with Gasteiger partial charge < -0.3 is 4.74 Å². The number of hydrogen-bond acceptors (Lipinski definition) is 4. The molecule has 0 atom stereocenters. The summed E-state index contributed by atoms with van der Waals surface area (Å²) in [5.41, 5.74) is 1.63. The number of nitro groups is 1. The van der Waals surface area contributed by atoms with Crippen molar-refractivity contribution in [1.82, 2.24) is 0 Å². The van der Waals surface area contributed by atoms with Crippen LogP contribution in [-0.4, -0.2) is 17.5 Å². The average molecular weight is 263 g/mol. The number of ether oxygens (including phenoxy) is 1. The maximum atomic E-state index is 11.2. The van der Waals surface area contributed by atoms with Gasteiger partial charge in [-0.05, 0) is 26.7 Å². The number of benzene rings is 1. The van der Waals surface area contributed by atoms with Crippen LogP contribution in [0.3, 0.4) is 0 Å². The van der Waals surface area contributed by atoms with Crippen LogP contribution in [0.4, 0.5) is 5.69 Å². The van der Waals surface area contributed by atoms with E-state index in [4.69, 9.17) is 4.74 Å². The predicted molar refractivity (Wildman–Crippen MR) is 71.8 cm³/mol. The summed E-state index contributed by atoms with van der Waals surface area (Å²) in [6, 6.07) is 6.63. The zero-order valence-electron chi connectivity index (χ0n) is 11.1. The van der Waals surface area contributed by atoms with Gasteiger partial charge in [0.25, 0.3) is 5.69 Å². The minimum absolute atomic E-state index is 0.117. The summed E-state index contributed by atoms with van der Waals surface area (Å²) in [7, 11) is 0. The fraction of sp³-hybridized carbons (Fsp3) is 0.357. The molecule has 0 unspecified atom stereocenters. The third kappa shape index (κ3) is 4.91. The van der Waals surface area contributed by atoms with Crippen molar-refractivity contribution >= 4 is 11.7 Å². The highest BCUT2D eigenvalue weighted by Crippen LogP contribution is 2.20. The average Bonchev–Trinajstić information content (AvgIpc) is 2.36. The Morgan fingerprint density at radius 1 is 1.42 bits per heavy atom. The first-order chi connectivity index (χ1) is 9.04. The molecule has 0 aromatic heterocycles. The van der Waals surface area contributed by atoms with E-state index in [-0.39, 0.29) is 16.6 Å². The number of aryl methyl sites for hydroxylation is 1. The van der Waals surface area contributed by atoms with Crippen molar-refractivity contribution in [2.75, 3.05) is 6.61 Å². The maximum absolute atomic E-state index is 11.2. The van der Waals surface area contributed by atoms with E-state index in [9.17, 15) is 14.9 Å². The lowest BCUT2D eigenvalue weighted by Gasteiger charge is -2.03. The minimum atomic E-state index is -0.389. The van der Waals surface area contributed by atoms with Gasteiger partial charge in [-0.3, -0.25) is 10.1 Å². The van der Waals surface area contributed by atoms with E-state index >= 15 is 0 Å². The molecule has 0 aliphatic rings. The van der Waals surface area contributed by atoms with Crippen molar-refractivity contribution in [3.05, 3.63) is 51.6 Å². The molecular weight excluding hydrogens is 246 g/mol. The number of carbonyl (C=O) groups excluding carboxylic acids is 1. The van der Waals surface area contributed by atoms with Crippen LogP contribution in [-0.2, 0) is 16.0 Å². The molecule has 0 radical (unpaired) electrons. The van der Waals surface area contributed by atoms with Crippen molar-refractivity contribution in [2.24, 2.45) is 0 Å². The Balaban J connectivity index is 2.67. The molecule has 0 N–H and O–H groups in total. The maximum Gasteiger partial charge on any atom is 0.330 e. The molecule has 0 fully saturated rings. The van der Waals surface area contributed by atoms with Crippen LogP contribution < -0.4 is 0 Å². The summed E-state index contributed by atoms with van der Waals surface area (Å²) >= 11 is 0. The van der Waals surface area contributed by atoms with Gasteiger partial charge in [0.15, 0.2) is 0 Å². The molecular formula is C14H17NO4. The van der Waals surface area contributed by atoms with E-state index in [2.05, 4.69) is 0 Å². The molecule has 0 amide bonds. The Kier molecular flexibility index (Phi) is 5.73. The van der Waals surface area contributed by atoms with Crippen LogP contribution in [0.5, 0.6) is 0 Å². The third-order valence-corrected chi connectivity index (χ3v) is 2.63. The van der Waals surface area contributed by atoms with Crippen molar-refractivity contribution in [3.63, 3.8) is 0 Å². The van der Waals surface area contributed by atoms with Crippen molar-refractivity contribution in [3.8, 4) is 0 Å². The highest BCUT2D eigenvalue weighted by molar-refractivity contribution is 5.82. The van der Waals surface area contributed by atoms with Crippen LogP contribution in [0.25, 0.3) is 0 Å². The minimum Gasteiger partial charge on any atom is -0.463 e. The zero-order chi connectivity index (χ0) is 14.3. The second-order valence-electron chi connectivity index (χ2n) is 4.13. The second-order valence-corrected chi connectivity index (χ2v) is 4.13.